The molecule has 2 fully saturated rings. The normalized spacial score (nSPS) is 40.6. The van der Waals surface area contributed by atoms with Gasteiger partial charge < -0.3 is 9.47 Å². The van der Waals surface area contributed by atoms with Gasteiger partial charge in [0.1, 0.15) is 6.10 Å². The number of alkyl halides is 1. The first-order chi connectivity index (χ1) is 6.63. The topological polar surface area (TPSA) is 52.6 Å². The number of halogens is 1. The SMILES string of the molecule is COC(=O)[C@H]1C[C@H](I)[C@@H]2C[C@H]1C(=O)O2. The number of hydrogen-bond acceptors (Lipinski definition) is 4. The molecule has 1 saturated heterocycles. The largest absolute Gasteiger partial charge is 0.469 e. The summed E-state index contributed by atoms with van der Waals surface area (Å²) in [7, 11) is 1.36. The third-order valence-corrected chi connectivity index (χ3v) is 4.24. The Morgan fingerprint density at radius 1 is 1.57 bits per heavy atom. The lowest BCUT2D eigenvalue weighted by molar-refractivity contribution is -0.153. The van der Waals surface area contributed by atoms with Crippen LogP contribution in [0.4, 0.5) is 0 Å². The Hall–Kier alpha value is -0.330. The van der Waals surface area contributed by atoms with E-state index >= 15 is 0 Å². The molecule has 0 spiro atoms. The molecule has 1 heterocycles. The zero-order valence-corrected chi connectivity index (χ0v) is 9.89. The average Bonchev–Trinajstić information content (AvgIpc) is 2.50. The fourth-order valence-electron chi connectivity index (χ4n) is 2.15. The average molecular weight is 310 g/mol. The van der Waals surface area contributed by atoms with Crippen LogP contribution >= 0.6 is 22.6 Å². The van der Waals surface area contributed by atoms with Crippen molar-refractivity contribution in [2.45, 2.75) is 22.9 Å². The van der Waals surface area contributed by atoms with Gasteiger partial charge in [-0.15, -0.1) is 0 Å². The van der Waals surface area contributed by atoms with Crippen LogP contribution in [0.25, 0.3) is 0 Å². The predicted octanol–water partition coefficient (Wildman–Crippen LogP) is 0.915. The molecule has 0 aromatic carbocycles. The van der Waals surface area contributed by atoms with Gasteiger partial charge in [-0.2, -0.15) is 0 Å². The molecule has 0 unspecified atom stereocenters. The van der Waals surface area contributed by atoms with Crippen molar-refractivity contribution < 1.29 is 19.1 Å². The summed E-state index contributed by atoms with van der Waals surface area (Å²) in [6.07, 6.45) is 1.37. The zero-order valence-electron chi connectivity index (χ0n) is 7.73. The molecule has 1 saturated carbocycles. The van der Waals surface area contributed by atoms with Crippen LogP contribution in [0.15, 0.2) is 0 Å². The van der Waals surface area contributed by atoms with Crippen LogP contribution in [0.3, 0.4) is 0 Å². The molecule has 0 amide bonds. The van der Waals surface area contributed by atoms with Crippen molar-refractivity contribution in [2.75, 3.05) is 7.11 Å². The summed E-state index contributed by atoms with van der Waals surface area (Å²) >= 11 is 2.24. The molecule has 0 aromatic rings. The van der Waals surface area contributed by atoms with E-state index in [0.29, 0.717) is 12.8 Å². The van der Waals surface area contributed by atoms with Gasteiger partial charge in [0.25, 0.3) is 0 Å². The summed E-state index contributed by atoms with van der Waals surface area (Å²) < 4.78 is 10.1. The molecule has 0 aromatic heterocycles. The smallest absolute Gasteiger partial charge is 0.310 e. The molecule has 1 aliphatic heterocycles. The van der Waals surface area contributed by atoms with Gasteiger partial charge >= 0.3 is 11.9 Å². The van der Waals surface area contributed by atoms with E-state index in [-0.39, 0.29) is 33.8 Å². The fraction of sp³-hybridized carbons (Fsp3) is 0.778. The number of ether oxygens (including phenoxy) is 2. The summed E-state index contributed by atoms with van der Waals surface area (Å²) in [5.41, 5.74) is 0. The summed E-state index contributed by atoms with van der Waals surface area (Å²) in [5.74, 6) is -1.08. The number of esters is 2. The molecule has 1 aliphatic carbocycles. The first-order valence-corrected chi connectivity index (χ1v) is 5.80. The van der Waals surface area contributed by atoms with Crippen molar-refractivity contribution in [3.63, 3.8) is 0 Å². The standard InChI is InChI=1S/C9H11IO4/c1-13-8(11)4-2-6(10)7-3-5(4)9(12)14-7/h4-7H,2-3H2,1H3/t4-,5+,6-,7-/m0/s1. The van der Waals surface area contributed by atoms with Gasteiger partial charge in [0.2, 0.25) is 0 Å². The number of carbonyl (C=O) groups excluding carboxylic acids is 2. The van der Waals surface area contributed by atoms with Crippen molar-refractivity contribution in [3.8, 4) is 0 Å². The number of fused-ring (bicyclic) bond motifs is 2. The second kappa shape index (κ2) is 3.67. The quantitative estimate of drug-likeness (QED) is 0.410. The lowest BCUT2D eigenvalue weighted by Crippen LogP contribution is -2.35. The van der Waals surface area contributed by atoms with Gasteiger partial charge in [-0.25, -0.2) is 0 Å². The van der Waals surface area contributed by atoms with Gasteiger partial charge in [0.15, 0.2) is 0 Å². The van der Waals surface area contributed by atoms with Gasteiger partial charge in [0, 0.05) is 3.92 Å². The third-order valence-electron chi connectivity index (χ3n) is 2.93. The first-order valence-electron chi connectivity index (χ1n) is 4.56. The monoisotopic (exact) mass is 310 g/mol. The minimum Gasteiger partial charge on any atom is -0.469 e. The van der Waals surface area contributed by atoms with Crippen molar-refractivity contribution >= 4 is 34.5 Å². The fourth-order valence-corrected chi connectivity index (χ4v) is 3.14. The minimum atomic E-state index is -0.298. The molecular formula is C9H11IO4. The van der Waals surface area contributed by atoms with E-state index < -0.39 is 0 Å². The lowest BCUT2D eigenvalue weighted by atomic mass is 9.80. The van der Waals surface area contributed by atoms with Crippen molar-refractivity contribution in [1.29, 1.82) is 0 Å². The van der Waals surface area contributed by atoms with E-state index in [2.05, 4.69) is 27.3 Å². The van der Waals surface area contributed by atoms with Crippen LogP contribution in [0.2, 0.25) is 0 Å². The Kier molecular flexibility index (Phi) is 2.68. The highest BCUT2D eigenvalue weighted by molar-refractivity contribution is 14.1. The lowest BCUT2D eigenvalue weighted by Gasteiger charge is -2.26. The Morgan fingerprint density at radius 2 is 2.29 bits per heavy atom. The second-order valence-corrected chi connectivity index (χ2v) is 5.30. The minimum absolute atomic E-state index is 0.00834. The van der Waals surface area contributed by atoms with Crippen LogP contribution < -0.4 is 0 Å². The van der Waals surface area contributed by atoms with E-state index in [9.17, 15) is 9.59 Å². The van der Waals surface area contributed by atoms with E-state index in [0.717, 1.165) is 0 Å². The summed E-state index contributed by atoms with van der Waals surface area (Å²) in [6.45, 7) is 0. The third kappa shape index (κ3) is 1.51. The van der Waals surface area contributed by atoms with E-state index in [1.54, 1.807) is 0 Å². The van der Waals surface area contributed by atoms with Crippen molar-refractivity contribution in [2.24, 2.45) is 11.8 Å². The maximum atomic E-state index is 11.4. The molecular weight excluding hydrogens is 299 g/mol. The second-order valence-electron chi connectivity index (χ2n) is 3.70. The van der Waals surface area contributed by atoms with Crippen molar-refractivity contribution in [1.82, 2.24) is 0 Å². The number of rotatable bonds is 1. The maximum absolute atomic E-state index is 11.4. The number of hydrogen-bond donors (Lipinski definition) is 0. The van der Waals surface area contributed by atoms with Crippen LogP contribution in [0.5, 0.6) is 0 Å². The molecule has 2 rings (SSSR count). The number of carbonyl (C=O) groups is 2. The Balaban J connectivity index is 2.18. The molecule has 78 valence electrons. The molecule has 2 bridgehead atoms. The highest BCUT2D eigenvalue weighted by Crippen LogP contribution is 2.42. The Bertz CT molecular complexity index is 278. The summed E-state index contributed by atoms with van der Waals surface area (Å²) in [6, 6.07) is 0. The summed E-state index contributed by atoms with van der Waals surface area (Å²) in [5, 5.41) is 0. The van der Waals surface area contributed by atoms with Crippen LogP contribution in [0, 0.1) is 11.8 Å². The van der Waals surface area contributed by atoms with Crippen LogP contribution in [-0.4, -0.2) is 29.1 Å². The zero-order chi connectivity index (χ0) is 10.3. The molecule has 0 N–H and O–H groups in total. The highest BCUT2D eigenvalue weighted by atomic mass is 127. The van der Waals surface area contributed by atoms with Gasteiger partial charge in [-0.1, -0.05) is 22.6 Å². The number of methoxy groups -OCH3 is 1. The van der Waals surface area contributed by atoms with Crippen molar-refractivity contribution in [3.05, 3.63) is 0 Å². The van der Waals surface area contributed by atoms with Crippen LogP contribution in [-0.2, 0) is 19.1 Å². The Morgan fingerprint density at radius 3 is 2.93 bits per heavy atom. The molecule has 0 radical (unpaired) electrons. The van der Waals surface area contributed by atoms with Gasteiger partial charge in [-0.05, 0) is 12.8 Å². The summed E-state index contributed by atoms with van der Waals surface area (Å²) in [4.78, 5) is 22.8. The molecule has 4 nitrogen and oxygen atoms in total. The van der Waals surface area contributed by atoms with Crippen LogP contribution in [0.1, 0.15) is 12.8 Å². The highest BCUT2D eigenvalue weighted by Gasteiger charge is 2.50. The van der Waals surface area contributed by atoms with E-state index in [4.69, 9.17) is 4.74 Å². The molecule has 5 heteroatoms. The molecule has 14 heavy (non-hydrogen) atoms. The first kappa shape index (κ1) is 10.2. The molecule has 4 atom stereocenters. The van der Waals surface area contributed by atoms with Gasteiger partial charge in [-0.3, -0.25) is 9.59 Å². The van der Waals surface area contributed by atoms with E-state index in [1.165, 1.54) is 7.11 Å². The predicted molar refractivity (Wildman–Crippen MR) is 55.9 cm³/mol. The van der Waals surface area contributed by atoms with E-state index in [1.807, 2.05) is 0 Å². The maximum Gasteiger partial charge on any atom is 0.310 e. The Labute approximate surface area is 95.5 Å². The molecule has 2 aliphatic rings. The van der Waals surface area contributed by atoms with Gasteiger partial charge in [0.05, 0.1) is 18.9 Å².